The molecule has 1 aliphatic rings. The van der Waals surface area contributed by atoms with E-state index in [2.05, 4.69) is 10.1 Å². The van der Waals surface area contributed by atoms with E-state index in [1.54, 1.807) is 0 Å². The van der Waals surface area contributed by atoms with Crippen LogP contribution in [0.25, 0.3) is 11.5 Å². The second kappa shape index (κ2) is 5.34. The van der Waals surface area contributed by atoms with Crippen molar-refractivity contribution >= 4 is 9.84 Å². The van der Waals surface area contributed by atoms with Gasteiger partial charge in [-0.05, 0) is 12.1 Å². The third-order valence-corrected chi connectivity index (χ3v) is 4.90. The lowest BCUT2D eigenvalue weighted by Crippen LogP contribution is -2.39. The smallest absolute Gasteiger partial charge is 0.257 e. The quantitative estimate of drug-likeness (QED) is 0.839. The molecule has 1 saturated heterocycles. The summed E-state index contributed by atoms with van der Waals surface area (Å²) in [6.45, 7) is 1.57. The number of rotatable bonds is 3. The third kappa shape index (κ3) is 3.05. The molecule has 2 aromatic rings. The van der Waals surface area contributed by atoms with Crippen molar-refractivity contribution in [2.24, 2.45) is 0 Å². The number of hydrogen-bond donors (Lipinski definition) is 0. The molecule has 2 heterocycles. The molecule has 1 aromatic heterocycles. The first kappa shape index (κ1) is 13.3. The Morgan fingerprint density at radius 2 is 1.85 bits per heavy atom. The molecule has 20 heavy (non-hydrogen) atoms. The van der Waals surface area contributed by atoms with Crippen molar-refractivity contribution in [3.63, 3.8) is 0 Å². The first-order valence-electron chi connectivity index (χ1n) is 6.43. The van der Waals surface area contributed by atoms with Crippen LogP contribution in [0.15, 0.2) is 34.9 Å². The number of nitrogens with zero attached hydrogens (tertiary/aromatic N) is 3. The molecular weight excluding hydrogens is 278 g/mol. The Bertz CT molecular complexity index is 668. The monoisotopic (exact) mass is 293 g/mol. The van der Waals surface area contributed by atoms with Crippen LogP contribution >= 0.6 is 0 Å². The van der Waals surface area contributed by atoms with Gasteiger partial charge < -0.3 is 4.52 Å². The Kier molecular flexibility index (Phi) is 3.54. The second-order valence-electron chi connectivity index (χ2n) is 4.81. The predicted octanol–water partition coefficient (Wildman–Crippen LogP) is 0.967. The van der Waals surface area contributed by atoms with E-state index in [1.807, 2.05) is 35.2 Å². The number of benzene rings is 1. The average Bonchev–Trinajstić information content (AvgIpc) is 2.91. The van der Waals surface area contributed by atoms with Crippen molar-refractivity contribution in [2.45, 2.75) is 6.54 Å². The van der Waals surface area contributed by atoms with Gasteiger partial charge in [-0.15, -0.1) is 0 Å². The van der Waals surface area contributed by atoms with Gasteiger partial charge in [-0.1, -0.05) is 23.4 Å². The topological polar surface area (TPSA) is 76.3 Å². The molecule has 1 aliphatic heterocycles. The summed E-state index contributed by atoms with van der Waals surface area (Å²) in [5, 5.41) is 3.95. The zero-order chi connectivity index (χ0) is 14.0. The average molecular weight is 293 g/mol. The Labute approximate surface area is 117 Å². The van der Waals surface area contributed by atoms with E-state index in [0.717, 1.165) is 5.56 Å². The van der Waals surface area contributed by atoms with Gasteiger partial charge in [0.05, 0.1) is 18.1 Å². The van der Waals surface area contributed by atoms with Crippen LogP contribution < -0.4 is 0 Å². The van der Waals surface area contributed by atoms with Gasteiger partial charge in [-0.2, -0.15) is 4.98 Å². The zero-order valence-electron chi connectivity index (χ0n) is 10.9. The Morgan fingerprint density at radius 1 is 1.15 bits per heavy atom. The van der Waals surface area contributed by atoms with Crippen molar-refractivity contribution in [3.8, 4) is 11.5 Å². The highest BCUT2D eigenvalue weighted by atomic mass is 32.2. The van der Waals surface area contributed by atoms with E-state index in [0.29, 0.717) is 31.3 Å². The first-order valence-corrected chi connectivity index (χ1v) is 8.25. The molecule has 7 heteroatoms. The molecule has 1 aromatic carbocycles. The normalized spacial score (nSPS) is 19.0. The molecule has 3 rings (SSSR count). The fourth-order valence-electron chi connectivity index (χ4n) is 2.12. The van der Waals surface area contributed by atoms with E-state index in [9.17, 15) is 8.42 Å². The predicted molar refractivity (Wildman–Crippen MR) is 73.7 cm³/mol. The van der Waals surface area contributed by atoms with E-state index >= 15 is 0 Å². The molecule has 0 radical (unpaired) electrons. The van der Waals surface area contributed by atoms with Crippen LogP contribution in [0.1, 0.15) is 5.82 Å². The first-order chi connectivity index (χ1) is 9.62. The molecule has 0 aliphatic carbocycles. The minimum absolute atomic E-state index is 0.205. The molecule has 6 nitrogen and oxygen atoms in total. The van der Waals surface area contributed by atoms with Crippen LogP contribution in [0.3, 0.4) is 0 Å². The van der Waals surface area contributed by atoms with Gasteiger partial charge in [0.25, 0.3) is 5.89 Å². The Morgan fingerprint density at radius 3 is 2.55 bits per heavy atom. The van der Waals surface area contributed by atoms with Gasteiger partial charge in [-0.3, -0.25) is 4.90 Å². The minimum atomic E-state index is -2.85. The van der Waals surface area contributed by atoms with E-state index in [-0.39, 0.29) is 11.5 Å². The van der Waals surface area contributed by atoms with Crippen LogP contribution in [-0.2, 0) is 16.4 Å². The van der Waals surface area contributed by atoms with Gasteiger partial charge in [-0.25, -0.2) is 8.42 Å². The maximum absolute atomic E-state index is 11.4. The van der Waals surface area contributed by atoms with Crippen molar-refractivity contribution < 1.29 is 12.9 Å². The van der Waals surface area contributed by atoms with Crippen LogP contribution in [-0.4, -0.2) is 48.1 Å². The van der Waals surface area contributed by atoms with Gasteiger partial charge in [0.1, 0.15) is 0 Å². The molecule has 106 valence electrons. The third-order valence-electron chi connectivity index (χ3n) is 3.29. The largest absolute Gasteiger partial charge is 0.334 e. The van der Waals surface area contributed by atoms with E-state index in [4.69, 9.17) is 4.52 Å². The summed E-state index contributed by atoms with van der Waals surface area (Å²) < 4.78 is 27.9. The van der Waals surface area contributed by atoms with E-state index < -0.39 is 9.84 Å². The summed E-state index contributed by atoms with van der Waals surface area (Å²) in [5.41, 5.74) is 0.882. The summed E-state index contributed by atoms with van der Waals surface area (Å²) in [4.78, 5) is 6.37. The second-order valence-corrected chi connectivity index (χ2v) is 7.11. The maximum Gasteiger partial charge on any atom is 0.257 e. The minimum Gasteiger partial charge on any atom is -0.334 e. The molecule has 0 N–H and O–H groups in total. The Balaban J connectivity index is 1.66. The molecule has 0 spiro atoms. The van der Waals surface area contributed by atoms with Crippen molar-refractivity contribution in [1.82, 2.24) is 15.0 Å². The highest BCUT2D eigenvalue weighted by Crippen LogP contribution is 2.17. The highest BCUT2D eigenvalue weighted by molar-refractivity contribution is 7.91. The molecule has 0 amide bonds. The molecular formula is C13H15N3O3S. The lowest BCUT2D eigenvalue weighted by Gasteiger charge is -2.24. The molecule has 0 atom stereocenters. The van der Waals surface area contributed by atoms with Crippen molar-refractivity contribution in [2.75, 3.05) is 24.6 Å². The standard InChI is InChI=1S/C13H15N3O3S/c17-20(18)8-6-16(7-9-20)10-12-14-13(19-15-12)11-4-2-1-3-5-11/h1-5H,6-10H2. The van der Waals surface area contributed by atoms with Crippen LogP contribution in [0, 0.1) is 0 Å². The Hall–Kier alpha value is -1.73. The molecule has 0 saturated carbocycles. The van der Waals surface area contributed by atoms with Gasteiger partial charge in [0.2, 0.25) is 0 Å². The highest BCUT2D eigenvalue weighted by Gasteiger charge is 2.22. The maximum atomic E-state index is 11.4. The zero-order valence-corrected chi connectivity index (χ0v) is 11.7. The van der Waals surface area contributed by atoms with Crippen LogP contribution in [0.5, 0.6) is 0 Å². The molecule has 0 unspecified atom stereocenters. The summed E-state index contributed by atoms with van der Waals surface area (Å²) in [6, 6.07) is 9.56. The van der Waals surface area contributed by atoms with Gasteiger partial charge in [0.15, 0.2) is 15.7 Å². The number of sulfone groups is 1. The van der Waals surface area contributed by atoms with Crippen molar-refractivity contribution in [3.05, 3.63) is 36.2 Å². The van der Waals surface area contributed by atoms with Gasteiger partial charge >= 0.3 is 0 Å². The van der Waals surface area contributed by atoms with Gasteiger partial charge in [0, 0.05) is 18.7 Å². The van der Waals surface area contributed by atoms with Crippen LogP contribution in [0.4, 0.5) is 0 Å². The lowest BCUT2D eigenvalue weighted by molar-refractivity contribution is 0.275. The fraction of sp³-hybridized carbons (Fsp3) is 0.385. The van der Waals surface area contributed by atoms with E-state index in [1.165, 1.54) is 0 Å². The summed E-state index contributed by atoms with van der Waals surface area (Å²) in [7, 11) is -2.85. The van der Waals surface area contributed by atoms with Crippen LogP contribution in [0.2, 0.25) is 0 Å². The molecule has 1 fully saturated rings. The summed E-state index contributed by atoms with van der Waals surface area (Å²) in [5.74, 6) is 1.49. The SMILES string of the molecule is O=S1(=O)CCN(Cc2noc(-c3ccccc3)n2)CC1. The number of hydrogen-bond acceptors (Lipinski definition) is 6. The molecule has 0 bridgehead atoms. The van der Waals surface area contributed by atoms with Crippen molar-refractivity contribution in [1.29, 1.82) is 0 Å². The fourth-order valence-corrected chi connectivity index (χ4v) is 3.40. The number of aromatic nitrogens is 2. The lowest BCUT2D eigenvalue weighted by atomic mass is 10.2. The summed E-state index contributed by atoms with van der Waals surface area (Å²) >= 11 is 0. The summed E-state index contributed by atoms with van der Waals surface area (Å²) in [6.07, 6.45) is 0.